The van der Waals surface area contributed by atoms with E-state index in [1.165, 1.54) is 0 Å². The van der Waals surface area contributed by atoms with Gasteiger partial charge in [-0.05, 0) is 29.8 Å². The summed E-state index contributed by atoms with van der Waals surface area (Å²) in [6.45, 7) is 3.94. The highest BCUT2D eigenvalue weighted by atomic mass is 79.9. The summed E-state index contributed by atoms with van der Waals surface area (Å²) in [6.07, 6.45) is 8.87. The number of hydrogen-bond acceptors (Lipinski definition) is 2. The van der Waals surface area contributed by atoms with Gasteiger partial charge in [0.2, 0.25) is 0 Å². The molecule has 74 valence electrons. The van der Waals surface area contributed by atoms with Crippen LogP contribution in [0.3, 0.4) is 0 Å². The summed E-state index contributed by atoms with van der Waals surface area (Å²) in [5.41, 5.74) is 0.588. The zero-order valence-corrected chi connectivity index (χ0v) is 10.1. The van der Waals surface area contributed by atoms with Crippen molar-refractivity contribution in [1.29, 1.82) is 0 Å². The molecule has 1 aromatic rings. The summed E-state index contributed by atoms with van der Waals surface area (Å²) in [4.78, 5) is 4.02. The van der Waals surface area contributed by atoms with Crippen molar-refractivity contribution in [3.8, 4) is 18.1 Å². The smallest absolute Gasteiger partial charge is 0.142 e. The molecule has 0 spiro atoms. The lowest BCUT2D eigenvalue weighted by Crippen LogP contribution is -2.16. The van der Waals surface area contributed by atoms with Gasteiger partial charge in [0.05, 0.1) is 18.7 Å². The fourth-order valence-electron chi connectivity index (χ4n) is 1.25. The van der Waals surface area contributed by atoms with Crippen LogP contribution < -0.4 is 4.74 Å². The van der Waals surface area contributed by atoms with Gasteiger partial charge in [-0.2, -0.15) is 0 Å². The molecule has 0 aliphatic heterocycles. The number of halogens is 1. The van der Waals surface area contributed by atoms with E-state index >= 15 is 0 Å². The van der Waals surface area contributed by atoms with Crippen molar-refractivity contribution in [2.24, 2.45) is 0 Å². The molecule has 0 saturated carbocycles. The third-order valence-corrected chi connectivity index (χ3v) is 2.67. The average molecular weight is 254 g/mol. The SMILES string of the molecule is C#CC(C)(C)c1c(Br)cncc1OC. The van der Waals surface area contributed by atoms with Gasteiger partial charge in [0.1, 0.15) is 5.75 Å². The van der Waals surface area contributed by atoms with Crippen LogP contribution in [-0.4, -0.2) is 12.1 Å². The molecular formula is C11H12BrNO. The summed E-state index contributed by atoms with van der Waals surface area (Å²) in [5.74, 6) is 3.45. The van der Waals surface area contributed by atoms with Crippen LogP contribution in [0.5, 0.6) is 5.75 Å². The van der Waals surface area contributed by atoms with Crippen LogP contribution >= 0.6 is 15.9 Å². The topological polar surface area (TPSA) is 22.1 Å². The maximum Gasteiger partial charge on any atom is 0.142 e. The normalized spacial score (nSPS) is 10.8. The predicted octanol–water partition coefficient (Wildman–Crippen LogP) is 2.76. The Morgan fingerprint density at radius 1 is 1.50 bits per heavy atom. The third-order valence-electron chi connectivity index (χ3n) is 2.07. The molecule has 1 aromatic heterocycles. The Bertz CT molecular complexity index is 379. The molecule has 3 heteroatoms. The molecule has 0 atom stereocenters. The molecule has 0 aromatic carbocycles. The summed E-state index contributed by atoms with van der Waals surface area (Å²) < 4.78 is 6.10. The van der Waals surface area contributed by atoms with E-state index in [1.807, 2.05) is 13.8 Å². The van der Waals surface area contributed by atoms with Crippen molar-refractivity contribution < 1.29 is 4.74 Å². The number of pyridine rings is 1. The number of nitrogens with zero attached hydrogens (tertiary/aromatic N) is 1. The van der Waals surface area contributed by atoms with Crippen molar-refractivity contribution in [3.63, 3.8) is 0 Å². The second kappa shape index (κ2) is 4.02. The first-order valence-electron chi connectivity index (χ1n) is 4.18. The average Bonchev–Trinajstić information content (AvgIpc) is 2.17. The van der Waals surface area contributed by atoms with Crippen LogP contribution in [0.2, 0.25) is 0 Å². The molecule has 0 aliphatic carbocycles. The molecule has 0 amide bonds. The van der Waals surface area contributed by atoms with Gasteiger partial charge in [0.15, 0.2) is 0 Å². The minimum Gasteiger partial charge on any atom is -0.495 e. The van der Waals surface area contributed by atoms with Gasteiger partial charge in [-0.1, -0.05) is 5.92 Å². The molecule has 0 N–H and O–H groups in total. The third kappa shape index (κ3) is 1.91. The molecule has 1 rings (SSSR count). The fourth-order valence-corrected chi connectivity index (χ4v) is 2.06. The van der Waals surface area contributed by atoms with E-state index in [4.69, 9.17) is 11.2 Å². The number of terminal acetylenes is 1. The first-order chi connectivity index (χ1) is 6.53. The van der Waals surface area contributed by atoms with Gasteiger partial charge >= 0.3 is 0 Å². The van der Waals surface area contributed by atoms with E-state index in [-0.39, 0.29) is 5.41 Å². The van der Waals surface area contributed by atoms with E-state index in [0.29, 0.717) is 5.75 Å². The van der Waals surface area contributed by atoms with Crippen molar-refractivity contribution in [2.75, 3.05) is 7.11 Å². The highest BCUT2D eigenvalue weighted by molar-refractivity contribution is 9.10. The maximum absolute atomic E-state index is 5.48. The van der Waals surface area contributed by atoms with Crippen LogP contribution in [0.25, 0.3) is 0 Å². The van der Waals surface area contributed by atoms with Crippen LogP contribution in [0.15, 0.2) is 16.9 Å². The van der Waals surface area contributed by atoms with E-state index in [9.17, 15) is 0 Å². The van der Waals surface area contributed by atoms with Crippen molar-refractivity contribution in [1.82, 2.24) is 4.98 Å². The van der Waals surface area contributed by atoms with E-state index < -0.39 is 0 Å². The highest BCUT2D eigenvalue weighted by Crippen LogP contribution is 2.35. The quantitative estimate of drug-likeness (QED) is 0.757. The first-order valence-corrected chi connectivity index (χ1v) is 4.98. The number of rotatable bonds is 2. The summed E-state index contributed by atoms with van der Waals surface area (Å²) >= 11 is 3.43. The Kier molecular flexibility index (Phi) is 3.17. The molecule has 0 saturated heterocycles. The maximum atomic E-state index is 5.48. The molecule has 0 bridgehead atoms. The second-order valence-electron chi connectivity index (χ2n) is 3.47. The monoisotopic (exact) mass is 253 g/mol. The van der Waals surface area contributed by atoms with E-state index in [1.54, 1.807) is 19.5 Å². The summed E-state index contributed by atoms with van der Waals surface area (Å²) in [7, 11) is 1.61. The second-order valence-corrected chi connectivity index (χ2v) is 4.32. The Morgan fingerprint density at radius 2 is 2.14 bits per heavy atom. The van der Waals surface area contributed by atoms with Gasteiger partial charge in [-0.25, -0.2) is 0 Å². The molecule has 14 heavy (non-hydrogen) atoms. The van der Waals surface area contributed by atoms with Crippen LogP contribution in [0.1, 0.15) is 19.4 Å². The Hall–Kier alpha value is -1.01. The zero-order valence-electron chi connectivity index (χ0n) is 8.47. The standard InChI is InChI=1S/C11H12BrNO/c1-5-11(2,3)10-8(12)6-13-7-9(10)14-4/h1,6-7H,2-4H3. The van der Waals surface area contributed by atoms with Crippen LogP contribution in [0, 0.1) is 12.3 Å². The lowest BCUT2D eigenvalue weighted by atomic mass is 9.86. The molecular weight excluding hydrogens is 242 g/mol. The molecule has 0 radical (unpaired) electrons. The number of methoxy groups -OCH3 is 1. The first kappa shape index (κ1) is 11.1. The molecule has 1 heterocycles. The van der Waals surface area contributed by atoms with Crippen LogP contribution in [0.4, 0.5) is 0 Å². The Balaban J connectivity index is 3.40. The van der Waals surface area contributed by atoms with Crippen molar-refractivity contribution in [3.05, 3.63) is 22.4 Å². The lowest BCUT2D eigenvalue weighted by molar-refractivity contribution is 0.400. The van der Waals surface area contributed by atoms with E-state index in [2.05, 4.69) is 26.8 Å². The van der Waals surface area contributed by atoms with Crippen molar-refractivity contribution >= 4 is 15.9 Å². The van der Waals surface area contributed by atoms with Gasteiger partial charge in [0, 0.05) is 16.2 Å². The van der Waals surface area contributed by atoms with Gasteiger partial charge in [-0.3, -0.25) is 4.98 Å². The largest absolute Gasteiger partial charge is 0.495 e. The van der Waals surface area contributed by atoms with Gasteiger partial charge < -0.3 is 4.74 Å². The minimum atomic E-state index is -0.368. The van der Waals surface area contributed by atoms with Crippen LogP contribution in [-0.2, 0) is 5.41 Å². The fraction of sp³-hybridized carbons (Fsp3) is 0.364. The van der Waals surface area contributed by atoms with Gasteiger partial charge in [0.25, 0.3) is 0 Å². The molecule has 0 fully saturated rings. The predicted molar refractivity (Wildman–Crippen MR) is 60.3 cm³/mol. The summed E-state index contributed by atoms with van der Waals surface area (Å²) in [5, 5.41) is 0. The lowest BCUT2D eigenvalue weighted by Gasteiger charge is -2.21. The molecule has 2 nitrogen and oxygen atoms in total. The highest BCUT2D eigenvalue weighted by Gasteiger charge is 2.24. The minimum absolute atomic E-state index is 0.368. The number of aromatic nitrogens is 1. The number of ether oxygens (including phenoxy) is 1. The summed E-state index contributed by atoms with van der Waals surface area (Å²) in [6, 6.07) is 0. The van der Waals surface area contributed by atoms with E-state index in [0.717, 1.165) is 10.0 Å². The Morgan fingerprint density at radius 3 is 2.64 bits per heavy atom. The number of hydrogen-bond donors (Lipinski definition) is 0. The molecule has 0 unspecified atom stereocenters. The molecule has 0 aliphatic rings. The Labute approximate surface area is 92.8 Å². The van der Waals surface area contributed by atoms with Gasteiger partial charge in [-0.15, -0.1) is 6.42 Å². The van der Waals surface area contributed by atoms with Crippen molar-refractivity contribution in [2.45, 2.75) is 19.3 Å². The zero-order chi connectivity index (χ0) is 10.8.